The zero-order valence-electron chi connectivity index (χ0n) is 22.1. The third-order valence-electron chi connectivity index (χ3n) is 7.44. The van der Waals surface area contributed by atoms with Gasteiger partial charge in [0.25, 0.3) is 5.91 Å². The first-order valence-electron chi connectivity index (χ1n) is 12.6. The number of hydrogen-bond donors (Lipinski definition) is 2. The molecule has 1 fully saturated rings. The van der Waals surface area contributed by atoms with Crippen LogP contribution in [0.3, 0.4) is 0 Å². The molecular weight excluding hydrogens is 608 g/mol. The van der Waals surface area contributed by atoms with Crippen LogP contribution < -0.4 is 20.7 Å². The normalized spacial score (nSPS) is 21.6. The van der Waals surface area contributed by atoms with Gasteiger partial charge in [-0.2, -0.15) is 8.78 Å². The minimum Gasteiger partial charge on any atom is -0.496 e. The highest BCUT2D eigenvalue weighted by Crippen LogP contribution is 2.45. The first kappa shape index (κ1) is 29.8. The van der Waals surface area contributed by atoms with Crippen LogP contribution in [0.5, 0.6) is 5.75 Å². The zero-order chi connectivity index (χ0) is 29.7. The quantitative estimate of drug-likeness (QED) is 0.268. The van der Waals surface area contributed by atoms with Crippen LogP contribution in [0.2, 0.25) is 0 Å². The zero-order valence-corrected chi connectivity index (χ0v) is 26.0. The largest absolute Gasteiger partial charge is 0.496 e. The summed E-state index contributed by atoms with van der Waals surface area (Å²) in [4.78, 5) is 23.5. The number of fused-ring (bicyclic) bond motifs is 2. The van der Waals surface area contributed by atoms with Crippen LogP contribution >= 0.6 is 29.8 Å². The number of hydrogen-bond acceptors (Lipinski definition) is 6. The summed E-state index contributed by atoms with van der Waals surface area (Å²) in [6.07, 6.45) is 4.59. The predicted molar refractivity (Wildman–Crippen MR) is 163 cm³/mol. The van der Waals surface area contributed by atoms with Gasteiger partial charge in [-0.3, -0.25) is 9.59 Å². The van der Waals surface area contributed by atoms with Crippen LogP contribution in [-0.2, 0) is 14.6 Å². The van der Waals surface area contributed by atoms with Crippen LogP contribution in [-0.4, -0.2) is 38.4 Å². The monoisotopic (exact) mass is 636 g/mol. The summed E-state index contributed by atoms with van der Waals surface area (Å²) in [7, 11) is 0.230. The molecule has 0 radical (unpaired) electrons. The van der Waals surface area contributed by atoms with E-state index in [1.54, 1.807) is 23.5 Å². The third kappa shape index (κ3) is 5.70. The molecule has 5 rings (SSSR count). The molecule has 0 saturated heterocycles. The maximum absolute atomic E-state index is 13.7. The molecular formula is C28H28F2N2O5P2S2. The van der Waals surface area contributed by atoms with E-state index in [-0.39, 0.29) is 23.4 Å². The van der Waals surface area contributed by atoms with E-state index in [1.807, 2.05) is 30.5 Å². The highest BCUT2D eigenvalue weighted by molar-refractivity contribution is 7.96. The van der Waals surface area contributed by atoms with Gasteiger partial charge in [-0.15, -0.1) is 20.6 Å². The molecule has 41 heavy (non-hydrogen) atoms. The van der Waals surface area contributed by atoms with Crippen molar-refractivity contribution in [3.05, 3.63) is 71.1 Å². The molecule has 2 unspecified atom stereocenters. The molecule has 0 spiro atoms. The molecule has 3 aromatic rings. The lowest BCUT2D eigenvalue weighted by Gasteiger charge is -2.28. The number of benzene rings is 2. The van der Waals surface area contributed by atoms with Crippen molar-refractivity contribution in [2.75, 3.05) is 12.4 Å². The van der Waals surface area contributed by atoms with Gasteiger partial charge in [-0.05, 0) is 92.6 Å². The summed E-state index contributed by atoms with van der Waals surface area (Å²) >= 11 is 1.57. The minimum atomic E-state index is -4.95. The number of sulfone groups is 1. The molecule has 2 aromatic carbocycles. The fraction of sp³-hybridized carbons (Fsp3) is 0.286. The molecule has 6 atom stereocenters. The smallest absolute Gasteiger partial charge is 0.359 e. The van der Waals surface area contributed by atoms with Gasteiger partial charge in [0, 0.05) is 16.6 Å². The van der Waals surface area contributed by atoms with Crippen molar-refractivity contribution in [3.8, 4) is 16.2 Å². The number of carbonyl (C=O) groups excluding carboxylic acids is 2. The minimum absolute atomic E-state index is 0.0655. The van der Waals surface area contributed by atoms with Gasteiger partial charge in [0.1, 0.15) is 5.75 Å². The Morgan fingerprint density at radius 2 is 1.85 bits per heavy atom. The second-order valence-corrected chi connectivity index (χ2v) is 14.9. The second kappa shape index (κ2) is 11.2. The maximum Gasteiger partial charge on any atom is 0.359 e. The van der Waals surface area contributed by atoms with E-state index in [1.165, 1.54) is 19.2 Å². The highest BCUT2D eigenvalue weighted by Gasteiger charge is 2.49. The molecule has 216 valence electrons. The SMILES string of the molecule is COc1cc(P)c(-c2cc(C)cs2)cc1C(=O)N[C@H]1[C@@H](C(=O)Nc2cccc(S(=O)(=O)C(F)(F)P)c2)[C@H]2C=C[C@H]1C2. The van der Waals surface area contributed by atoms with Gasteiger partial charge in [0.15, 0.2) is 0 Å². The van der Waals surface area contributed by atoms with E-state index < -0.39 is 37.6 Å². The van der Waals surface area contributed by atoms with E-state index in [2.05, 4.69) is 19.9 Å². The number of rotatable bonds is 8. The number of carbonyl (C=O) groups is 2. The molecule has 1 aromatic heterocycles. The summed E-state index contributed by atoms with van der Waals surface area (Å²) in [5.41, 5.74) is 2.40. The fourth-order valence-electron chi connectivity index (χ4n) is 5.46. The molecule has 7 nitrogen and oxygen atoms in total. The van der Waals surface area contributed by atoms with Crippen LogP contribution in [0.25, 0.3) is 10.4 Å². The lowest BCUT2D eigenvalue weighted by Crippen LogP contribution is -2.47. The van der Waals surface area contributed by atoms with Crippen molar-refractivity contribution in [2.45, 2.75) is 29.3 Å². The molecule has 1 heterocycles. The van der Waals surface area contributed by atoms with Gasteiger partial charge >= 0.3 is 5.00 Å². The van der Waals surface area contributed by atoms with E-state index in [9.17, 15) is 26.8 Å². The van der Waals surface area contributed by atoms with Crippen LogP contribution in [0.15, 0.2) is 64.9 Å². The highest BCUT2D eigenvalue weighted by atomic mass is 32.2. The Balaban J connectivity index is 1.39. The van der Waals surface area contributed by atoms with Gasteiger partial charge < -0.3 is 15.4 Å². The Morgan fingerprint density at radius 1 is 1.12 bits per heavy atom. The Kier molecular flexibility index (Phi) is 8.11. The fourth-order valence-corrected chi connectivity index (χ4v) is 8.15. The number of halogens is 2. The van der Waals surface area contributed by atoms with Crippen molar-refractivity contribution >= 4 is 62.5 Å². The first-order chi connectivity index (χ1) is 19.3. The molecule has 2 N–H and O–H groups in total. The van der Waals surface area contributed by atoms with Crippen LogP contribution in [0, 0.1) is 24.7 Å². The van der Waals surface area contributed by atoms with Crippen molar-refractivity contribution < 1.29 is 31.5 Å². The molecule has 2 amide bonds. The lowest BCUT2D eigenvalue weighted by atomic mass is 9.87. The average Bonchev–Trinajstić information content (AvgIpc) is 3.64. The summed E-state index contributed by atoms with van der Waals surface area (Å²) in [5, 5.41) is 8.63. The number of aryl methyl sites for hydroxylation is 1. The van der Waals surface area contributed by atoms with Gasteiger partial charge in [0.05, 0.1) is 23.5 Å². The number of thiophene rings is 1. The molecule has 2 aliphatic rings. The van der Waals surface area contributed by atoms with Crippen molar-refractivity contribution in [3.63, 3.8) is 0 Å². The number of nitrogens with one attached hydrogen (secondary N) is 2. The lowest BCUT2D eigenvalue weighted by molar-refractivity contribution is -0.121. The number of amides is 2. The van der Waals surface area contributed by atoms with Crippen LogP contribution in [0.1, 0.15) is 22.3 Å². The summed E-state index contributed by atoms with van der Waals surface area (Å²) in [6, 6.07) is 9.85. The van der Waals surface area contributed by atoms with E-state index in [4.69, 9.17) is 4.74 Å². The second-order valence-electron chi connectivity index (χ2n) is 10.2. The molecule has 13 heteroatoms. The standard InChI is InChI=1S/C28H28F2N2O5P2S2/c1-14-8-23(40-13-14)20-11-19(21(37-2)12-22(20)38)26(33)32-25-16-7-6-15(9-16)24(25)27(34)31-17-4-3-5-18(10-17)41(35,36)28(29,30)39/h3-8,10-13,15-16,24-25H,9,38-39H2,1-2H3,(H,31,34)(H,32,33)/t15-,16-,24-,25+/m0/s1. The molecule has 2 aliphatic carbocycles. The third-order valence-corrected chi connectivity index (χ3v) is 11.5. The Labute approximate surface area is 245 Å². The maximum atomic E-state index is 13.7. The van der Waals surface area contributed by atoms with E-state index >= 15 is 0 Å². The predicted octanol–water partition coefficient (Wildman–Crippen LogP) is 4.99. The first-order valence-corrected chi connectivity index (χ1v) is 16.2. The summed E-state index contributed by atoms with van der Waals surface area (Å²) < 4.78 is 57.3. The van der Waals surface area contributed by atoms with Gasteiger partial charge in [-0.1, -0.05) is 18.2 Å². The Morgan fingerprint density at radius 3 is 2.51 bits per heavy atom. The van der Waals surface area contributed by atoms with E-state index in [0.29, 0.717) is 17.7 Å². The molecule has 1 saturated carbocycles. The molecule has 2 bridgehead atoms. The van der Waals surface area contributed by atoms with Crippen molar-refractivity contribution in [2.24, 2.45) is 17.8 Å². The van der Waals surface area contributed by atoms with Crippen molar-refractivity contribution in [1.82, 2.24) is 5.32 Å². The van der Waals surface area contributed by atoms with Gasteiger partial charge in [0.2, 0.25) is 15.7 Å². The summed E-state index contributed by atoms with van der Waals surface area (Å²) in [5.74, 6) is -1.30. The Bertz CT molecular complexity index is 1670. The number of ether oxygens (including phenoxy) is 1. The molecule has 0 aliphatic heterocycles. The number of alkyl halides is 2. The van der Waals surface area contributed by atoms with Gasteiger partial charge in [-0.25, -0.2) is 8.42 Å². The average molecular weight is 637 g/mol. The van der Waals surface area contributed by atoms with Crippen molar-refractivity contribution in [1.29, 1.82) is 0 Å². The summed E-state index contributed by atoms with van der Waals surface area (Å²) in [6.45, 7) is 2.00. The topological polar surface area (TPSA) is 102 Å². The number of methoxy groups -OCH3 is 1. The van der Waals surface area contributed by atoms with Crippen LogP contribution in [0.4, 0.5) is 14.5 Å². The van der Waals surface area contributed by atoms with E-state index in [0.717, 1.165) is 42.7 Å². The number of allylic oxidation sites excluding steroid dienone is 1. The Hall–Kier alpha value is -2.71. The number of anilines is 1.